The van der Waals surface area contributed by atoms with E-state index in [9.17, 15) is 19.2 Å². The van der Waals surface area contributed by atoms with Crippen molar-refractivity contribution in [3.8, 4) is 0 Å². The number of allylic oxidation sites excluding steroid dienone is 2. The van der Waals surface area contributed by atoms with Crippen LogP contribution in [-0.4, -0.2) is 73.2 Å². The molecule has 3 aliphatic heterocycles. The maximum Gasteiger partial charge on any atom is 0.313 e. The molecule has 3 heterocycles. The average Bonchev–Trinajstić information content (AvgIpc) is 3.55. The molecule has 4 fully saturated rings. The molecule has 2 amide bonds. The quantitative estimate of drug-likeness (QED) is 0.399. The number of nitrogens with one attached hydrogen (secondary N) is 1. The standard InChI is InChI=1S/C34H42N2O8/c1-21(35-32(38)29-5-3-17-41-29)31(24-10-8-23(9-11-24)22-6-7-22)43-27-14-12-25(13-15-27)34(40)44-28-4-2-16-36(19-28)33(39)26-18-30(37)42-20-26/h8-12,14-15,21-22,25-26,28-29,31H,2-7,13,16-20H2,1H3,(H,35,38)/t21-,25?,26+,28-,29+,31-/m0/s1. The Balaban J connectivity index is 1.05. The average molecular weight is 607 g/mol. The Hall–Kier alpha value is -3.66. The van der Waals surface area contributed by atoms with E-state index in [0.717, 1.165) is 24.8 Å². The fraction of sp³-hybridized carbons (Fsp3) is 0.588. The van der Waals surface area contributed by atoms with Crippen molar-refractivity contribution >= 4 is 23.8 Å². The summed E-state index contributed by atoms with van der Waals surface area (Å²) in [5, 5.41) is 3.10. The summed E-state index contributed by atoms with van der Waals surface area (Å²) < 4.78 is 22.8. The van der Waals surface area contributed by atoms with Crippen LogP contribution in [0.25, 0.3) is 0 Å². The first-order chi connectivity index (χ1) is 21.3. The number of carbonyl (C=O) groups is 4. The van der Waals surface area contributed by atoms with Gasteiger partial charge < -0.3 is 29.2 Å². The Morgan fingerprint density at radius 3 is 2.55 bits per heavy atom. The van der Waals surface area contributed by atoms with Gasteiger partial charge in [-0.3, -0.25) is 19.2 Å². The summed E-state index contributed by atoms with van der Waals surface area (Å²) in [6.45, 7) is 3.57. The number of hydrogen-bond donors (Lipinski definition) is 1. The Labute approximate surface area is 258 Å². The van der Waals surface area contributed by atoms with Gasteiger partial charge >= 0.3 is 11.9 Å². The van der Waals surface area contributed by atoms with Crippen LogP contribution in [0.5, 0.6) is 0 Å². The van der Waals surface area contributed by atoms with E-state index < -0.39 is 24.0 Å². The van der Waals surface area contributed by atoms with Crippen LogP contribution in [-0.2, 0) is 38.1 Å². The first-order valence-corrected chi connectivity index (χ1v) is 16.1. The number of benzene rings is 1. The fourth-order valence-electron chi connectivity index (χ4n) is 6.44. The summed E-state index contributed by atoms with van der Waals surface area (Å²) in [4.78, 5) is 51.9. The molecule has 1 unspecified atom stereocenters. The Bertz CT molecular complexity index is 1300. The minimum Gasteiger partial charge on any atom is -0.484 e. The highest BCUT2D eigenvalue weighted by Crippen LogP contribution is 2.40. The lowest BCUT2D eigenvalue weighted by Crippen LogP contribution is -2.46. The molecule has 1 saturated carbocycles. The third-order valence-electron chi connectivity index (χ3n) is 9.17. The van der Waals surface area contributed by atoms with Gasteiger partial charge in [0, 0.05) is 13.2 Å². The van der Waals surface area contributed by atoms with Gasteiger partial charge in [-0.05, 0) is 81.1 Å². The van der Waals surface area contributed by atoms with Gasteiger partial charge in [0.25, 0.3) is 0 Å². The molecule has 1 aromatic rings. The van der Waals surface area contributed by atoms with Crippen LogP contribution in [0.1, 0.15) is 81.4 Å². The normalized spacial score (nSPS) is 28.1. The Morgan fingerprint density at radius 2 is 1.89 bits per heavy atom. The van der Waals surface area contributed by atoms with Gasteiger partial charge in [0.05, 0.1) is 30.8 Å². The number of amides is 2. The van der Waals surface area contributed by atoms with Crippen molar-refractivity contribution in [3.63, 3.8) is 0 Å². The summed E-state index contributed by atoms with van der Waals surface area (Å²) in [7, 11) is 0. The molecule has 3 saturated heterocycles. The second kappa shape index (κ2) is 13.5. The SMILES string of the molecule is C[C@H](NC(=O)[C@H]1CCCO1)[C@H](OC1=CCC(C(=O)O[C@H]2CCCN(C(=O)[C@H]3COC(=O)C3)C2)C=C1)c1ccc(C2CC2)cc1. The van der Waals surface area contributed by atoms with Crippen molar-refractivity contribution in [3.05, 3.63) is 59.4 Å². The summed E-state index contributed by atoms with van der Waals surface area (Å²) in [6.07, 6.45) is 10.2. The molecule has 1 N–H and O–H groups in total. The van der Waals surface area contributed by atoms with Gasteiger partial charge in [-0.2, -0.15) is 0 Å². The second-order valence-corrected chi connectivity index (χ2v) is 12.7. The number of cyclic esters (lactones) is 1. The number of piperidine rings is 1. The van der Waals surface area contributed by atoms with Crippen LogP contribution in [0.15, 0.2) is 48.3 Å². The van der Waals surface area contributed by atoms with E-state index in [0.29, 0.717) is 44.2 Å². The molecule has 10 nitrogen and oxygen atoms in total. The third kappa shape index (κ3) is 7.34. The van der Waals surface area contributed by atoms with Crippen LogP contribution in [0, 0.1) is 11.8 Å². The summed E-state index contributed by atoms with van der Waals surface area (Å²) >= 11 is 0. The van der Waals surface area contributed by atoms with E-state index >= 15 is 0 Å². The molecule has 44 heavy (non-hydrogen) atoms. The molecule has 1 aromatic carbocycles. The molecule has 5 aliphatic rings. The van der Waals surface area contributed by atoms with Gasteiger partial charge in [0.2, 0.25) is 11.8 Å². The van der Waals surface area contributed by atoms with E-state index in [1.165, 1.54) is 18.4 Å². The maximum atomic E-state index is 13.1. The second-order valence-electron chi connectivity index (χ2n) is 12.7. The molecule has 2 aliphatic carbocycles. The van der Waals surface area contributed by atoms with Crippen molar-refractivity contribution in [1.29, 1.82) is 0 Å². The highest BCUT2D eigenvalue weighted by Gasteiger charge is 2.36. The Morgan fingerprint density at radius 1 is 1.07 bits per heavy atom. The van der Waals surface area contributed by atoms with Crippen molar-refractivity contribution in [2.24, 2.45) is 11.8 Å². The predicted molar refractivity (Wildman–Crippen MR) is 159 cm³/mol. The topological polar surface area (TPSA) is 120 Å². The van der Waals surface area contributed by atoms with Crippen LogP contribution in [0.3, 0.4) is 0 Å². The lowest BCUT2D eigenvalue weighted by Gasteiger charge is -2.34. The van der Waals surface area contributed by atoms with Crippen molar-refractivity contribution in [1.82, 2.24) is 10.2 Å². The molecule has 0 aromatic heterocycles. The van der Waals surface area contributed by atoms with E-state index in [1.807, 2.05) is 13.0 Å². The minimum absolute atomic E-state index is 0.107. The van der Waals surface area contributed by atoms with E-state index in [-0.39, 0.29) is 48.9 Å². The molecule has 6 rings (SSSR count). The molecule has 0 radical (unpaired) electrons. The number of likely N-dealkylation sites (tertiary alicyclic amines) is 1. The first-order valence-electron chi connectivity index (χ1n) is 16.1. The fourth-order valence-corrected chi connectivity index (χ4v) is 6.44. The van der Waals surface area contributed by atoms with E-state index in [4.69, 9.17) is 18.9 Å². The van der Waals surface area contributed by atoms with E-state index in [2.05, 4.69) is 29.6 Å². The molecule has 0 bridgehead atoms. The highest BCUT2D eigenvalue weighted by atomic mass is 16.5. The Kier molecular flexibility index (Phi) is 9.35. The summed E-state index contributed by atoms with van der Waals surface area (Å²) in [5.74, 6) is -0.550. The van der Waals surface area contributed by atoms with Crippen molar-refractivity contribution in [2.45, 2.75) is 88.6 Å². The monoisotopic (exact) mass is 606 g/mol. The highest BCUT2D eigenvalue weighted by molar-refractivity contribution is 5.86. The molecular weight excluding hydrogens is 564 g/mol. The molecule has 6 atom stereocenters. The number of ether oxygens (including phenoxy) is 4. The lowest BCUT2D eigenvalue weighted by molar-refractivity contribution is -0.158. The van der Waals surface area contributed by atoms with Crippen molar-refractivity contribution in [2.75, 3.05) is 26.3 Å². The zero-order valence-corrected chi connectivity index (χ0v) is 25.3. The van der Waals surface area contributed by atoms with Gasteiger partial charge in [0.15, 0.2) is 0 Å². The summed E-state index contributed by atoms with van der Waals surface area (Å²) in [6, 6.07) is 8.14. The maximum absolute atomic E-state index is 13.1. The van der Waals surface area contributed by atoms with Gasteiger partial charge in [-0.1, -0.05) is 30.3 Å². The smallest absolute Gasteiger partial charge is 0.313 e. The van der Waals surface area contributed by atoms with Gasteiger partial charge in [-0.25, -0.2) is 0 Å². The summed E-state index contributed by atoms with van der Waals surface area (Å²) in [5.41, 5.74) is 2.30. The number of esters is 2. The molecule has 10 heteroatoms. The molecular formula is C34H42N2O8. The van der Waals surface area contributed by atoms with E-state index in [1.54, 1.807) is 17.1 Å². The van der Waals surface area contributed by atoms with Crippen LogP contribution < -0.4 is 5.32 Å². The van der Waals surface area contributed by atoms with Gasteiger partial charge in [-0.15, -0.1) is 0 Å². The number of carbonyl (C=O) groups excluding carboxylic acids is 4. The molecule has 0 spiro atoms. The third-order valence-corrected chi connectivity index (χ3v) is 9.17. The zero-order chi connectivity index (χ0) is 30.6. The van der Waals surface area contributed by atoms with Crippen LogP contribution in [0.2, 0.25) is 0 Å². The lowest BCUT2D eigenvalue weighted by atomic mass is 9.98. The van der Waals surface area contributed by atoms with Crippen LogP contribution in [0.4, 0.5) is 0 Å². The van der Waals surface area contributed by atoms with Gasteiger partial charge in [0.1, 0.15) is 30.7 Å². The number of nitrogens with zero attached hydrogens (tertiary/aromatic N) is 1. The largest absolute Gasteiger partial charge is 0.484 e. The minimum atomic E-state index is -0.456. The zero-order valence-electron chi connectivity index (χ0n) is 25.3. The molecule has 236 valence electrons. The number of hydrogen-bond acceptors (Lipinski definition) is 8. The predicted octanol–water partition coefficient (Wildman–Crippen LogP) is 3.86. The van der Waals surface area contributed by atoms with Crippen molar-refractivity contribution < 1.29 is 38.1 Å². The first kappa shape index (κ1) is 30.4. The van der Waals surface area contributed by atoms with Crippen LogP contribution >= 0.6 is 0 Å². The number of rotatable bonds is 10.